The Labute approximate surface area is 125 Å². The number of ketones is 2. The molecule has 4 nitrogen and oxygen atoms in total. The molecule has 0 bridgehead atoms. The van der Waals surface area contributed by atoms with Crippen LogP contribution in [0.1, 0.15) is 27.6 Å². The highest BCUT2D eigenvalue weighted by molar-refractivity contribution is 8.04. The molecule has 0 atom stereocenters. The fourth-order valence-electron chi connectivity index (χ4n) is 1.79. The van der Waals surface area contributed by atoms with Crippen molar-refractivity contribution in [1.29, 1.82) is 0 Å². The highest BCUT2D eigenvalue weighted by atomic mass is 35.5. The Kier molecular flexibility index (Phi) is 4.62. The predicted octanol–water partition coefficient (Wildman–Crippen LogP) is 2.81. The zero-order valence-corrected chi connectivity index (χ0v) is 12.2. The second kappa shape index (κ2) is 6.24. The molecule has 104 valence electrons. The van der Waals surface area contributed by atoms with E-state index in [2.05, 4.69) is 0 Å². The highest BCUT2D eigenvalue weighted by Crippen LogP contribution is 2.34. The number of esters is 1. The molecular formula is C14H11ClO4S. The molecular weight excluding hydrogens is 300 g/mol. The van der Waals surface area contributed by atoms with Crippen LogP contribution in [0, 0.1) is 0 Å². The van der Waals surface area contributed by atoms with Crippen molar-refractivity contribution in [3.05, 3.63) is 45.3 Å². The second-order valence-corrected chi connectivity index (χ2v) is 5.30. The summed E-state index contributed by atoms with van der Waals surface area (Å²) >= 11 is 6.88. The lowest BCUT2D eigenvalue weighted by Crippen LogP contribution is -2.19. The molecule has 0 amide bonds. The van der Waals surface area contributed by atoms with Crippen LogP contribution in [-0.2, 0) is 9.53 Å². The van der Waals surface area contributed by atoms with Gasteiger partial charge in [-0.25, -0.2) is 0 Å². The molecule has 1 aromatic rings. The van der Waals surface area contributed by atoms with Gasteiger partial charge in [0.25, 0.3) is 0 Å². The molecule has 0 saturated heterocycles. The summed E-state index contributed by atoms with van der Waals surface area (Å²) in [5.41, 5.74) is 0.608. The van der Waals surface area contributed by atoms with Crippen LogP contribution in [0.2, 0.25) is 0 Å². The SMILES string of the molecule is CCOC(=O)CSC1=C(Cl)C(=O)c2ccccc2C1=O. The number of rotatable bonds is 4. The maximum Gasteiger partial charge on any atom is 0.316 e. The van der Waals surface area contributed by atoms with Crippen molar-refractivity contribution in [2.45, 2.75) is 6.92 Å². The molecule has 2 rings (SSSR count). The van der Waals surface area contributed by atoms with Gasteiger partial charge in [-0.1, -0.05) is 35.9 Å². The number of allylic oxidation sites excluding steroid dienone is 2. The molecule has 6 heteroatoms. The molecule has 0 heterocycles. The van der Waals surface area contributed by atoms with Crippen LogP contribution in [0.4, 0.5) is 0 Å². The zero-order valence-electron chi connectivity index (χ0n) is 10.6. The molecule has 0 N–H and O–H groups in total. The fourth-order valence-corrected chi connectivity index (χ4v) is 2.94. The largest absolute Gasteiger partial charge is 0.465 e. The quantitative estimate of drug-likeness (QED) is 0.800. The zero-order chi connectivity index (χ0) is 14.7. The Balaban J connectivity index is 2.26. The number of Topliss-reactive ketones (excluding diaryl/α,β-unsaturated/α-hetero) is 2. The number of halogens is 1. The van der Waals surface area contributed by atoms with Crippen LogP contribution >= 0.6 is 23.4 Å². The number of benzene rings is 1. The molecule has 1 aliphatic carbocycles. The van der Waals surface area contributed by atoms with Crippen LogP contribution in [0.5, 0.6) is 0 Å². The highest BCUT2D eigenvalue weighted by Gasteiger charge is 2.31. The van der Waals surface area contributed by atoms with Crippen LogP contribution < -0.4 is 0 Å². The topological polar surface area (TPSA) is 60.4 Å². The molecule has 0 saturated carbocycles. The van der Waals surface area contributed by atoms with E-state index in [1.54, 1.807) is 31.2 Å². The third-order valence-corrected chi connectivity index (χ3v) is 4.19. The molecule has 1 aromatic carbocycles. The van der Waals surface area contributed by atoms with Gasteiger partial charge in [-0.3, -0.25) is 14.4 Å². The van der Waals surface area contributed by atoms with E-state index in [0.29, 0.717) is 11.1 Å². The number of fused-ring (bicyclic) bond motifs is 1. The van der Waals surface area contributed by atoms with E-state index in [1.165, 1.54) is 0 Å². The number of thioether (sulfide) groups is 1. The van der Waals surface area contributed by atoms with Crippen molar-refractivity contribution in [3.8, 4) is 0 Å². The normalized spacial score (nSPS) is 14.3. The molecule has 0 aliphatic heterocycles. The summed E-state index contributed by atoms with van der Waals surface area (Å²) in [6.45, 7) is 1.96. The van der Waals surface area contributed by atoms with E-state index in [4.69, 9.17) is 16.3 Å². The minimum absolute atomic E-state index is 0.0550. The number of carbonyl (C=O) groups excluding carboxylic acids is 3. The summed E-state index contributed by atoms with van der Waals surface area (Å²) in [4.78, 5) is 35.8. The van der Waals surface area contributed by atoms with E-state index in [0.717, 1.165) is 11.8 Å². The van der Waals surface area contributed by atoms with E-state index >= 15 is 0 Å². The smallest absolute Gasteiger partial charge is 0.316 e. The Morgan fingerprint density at radius 2 is 1.80 bits per heavy atom. The third kappa shape index (κ3) is 2.78. The Hall–Kier alpha value is -1.59. The van der Waals surface area contributed by atoms with Crippen molar-refractivity contribution >= 4 is 40.9 Å². The van der Waals surface area contributed by atoms with E-state index in [1.807, 2.05) is 0 Å². The number of ether oxygens (including phenoxy) is 1. The Morgan fingerprint density at radius 3 is 2.40 bits per heavy atom. The Bertz CT molecular complexity index is 621. The Morgan fingerprint density at radius 1 is 1.20 bits per heavy atom. The average Bonchev–Trinajstić information content (AvgIpc) is 2.45. The van der Waals surface area contributed by atoms with Crippen molar-refractivity contribution in [2.75, 3.05) is 12.4 Å². The first-order valence-electron chi connectivity index (χ1n) is 5.92. The molecule has 0 spiro atoms. The molecule has 20 heavy (non-hydrogen) atoms. The van der Waals surface area contributed by atoms with Crippen molar-refractivity contribution in [2.24, 2.45) is 0 Å². The maximum atomic E-state index is 12.3. The number of hydrogen-bond donors (Lipinski definition) is 0. The third-order valence-electron chi connectivity index (χ3n) is 2.66. The lowest BCUT2D eigenvalue weighted by Gasteiger charge is -2.16. The lowest BCUT2D eigenvalue weighted by molar-refractivity contribution is -0.139. The first kappa shape index (κ1) is 14.8. The van der Waals surface area contributed by atoms with Gasteiger partial charge in [0.2, 0.25) is 11.6 Å². The van der Waals surface area contributed by atoms with Gasteiger partial charge in [-0.15, -0.1) is 11.8 Å². The van der Waals surface area contributed by atoms with Crippen molar-refractivity contribution < 1.29 is 19.1 Å². The molecule has 0 fully saturated rings. The lowest BCUT2D eigenvalue weighted by atomic mass is 9.95. The van der Waals surface area contributed by atoms with Crippen molar-refractivity contribution in [1.82, 2.24) is 0 Å². The van der Waals surface area contributed by atoms with E-state index < -0.39 is 11.8 Å². The van der Waals surface area contributed by atoms with Gasteiger partial charge in [-0.2, -0.15) is 0 Å². The van der Waals surface area contributed by atoms with Gasteiger partial charge < -0.3 is 4.74 Å². The van der Waals surface area contributed by atoms with E-state index in [-0.39, 0.29) is 28.1 Å². The summed E-state index contributed by atoms with van der Waals surface area (Å²) in [5, 5.41) is -0.136. The van der Waals surface area contributed by atoms with Crippen molar-refractivity contribution in [3.63, 3.8) is 0 Å². The molecule has 0 unspecified atom stereocenters. The van der Waals surface area contributed by atoms with Crippen LogP contribution in [0.3, 0.4) is 0 Å². The fraction of sp³-hybridized carbons (Fsp3) is 0.214. The minimum atomic E-state index is -0.450. The van der Waals surface area contributed by atoms with Gasteiger partial charge >= 0.3 is 5.97 Å². The first-order chi connectivity index (χ1) is 9.56. The maximum absolute atomic E-state index is 12.3. The standard InChI is InChI=1S/C14H11ClO4S/c1-2-19-10(16)7-20-14-11(15)12(17)8-5-3-4-6-9(8)13(14)18/h3-6H,2,7H2,1H3. The number of hydrogen-bond acceptors (Lipinski definition) is 5. The summed E-state index contributed by atoms with van der Waals surface area (Å²) in [6.07, 6.45) is 0. The van der Waals surface area contributed by atoms with Gasteiger partial charge in [0.1, 0.15) is 5.03 Å². The van der Waals surface area contributed by atoms with Gasteiger partial charge in [0.15, 0.2) is 0 Å². The van der Waals surface area contributed by atoms with Gasteiger partial charge in [0, 0.05) is 11.1 Å². The molecule has 1 aliphatic rings. The van der Waals surface area contributed by atoms with Crippen LogP contribution in [0.15, 0.2) is 34.2 Å². The minimum Gasteiger partial charge on any atom is -0.465 e. The first-order valence-corrected chi connectivity index (χ1v) is 7.29. The average molecular weight is 311 g/mol. The van der Waals surface area contributed by atoms with Gasteiger partial charge in [-0.05, 0) is 6.92 Å². The predicted molar refractivity (Wildman–Crippen MR) is 77.1 cm³/mol. The molecule has 0 aromatic heterocycles. The summed E-state index contributed by atoms with van der Waals surface area (Å²) in [7, 11) is 0. The molecule has 0 radical (unpaired) electrons. The summed E-state index contributed by atoms with van der Waals surface area (Å²) < 4.78 is 4.78. The summed E-state index contributed by atoms with van der Waals surface area (Å²) in [5.74, 6) is -1.23. The van der Waals surface area contributed by atoms with Gasteiger partial charge in [0.05, 0.1) is 17.3 Å². The second-order valence-electron chi connectivity index (χ2n) is 3.94. The van der Waals surface area contributed by atoms with Crippen LogP contribution in [-0.4, -0.2) is 29.9 Å². The monoisotopic (exact) mass is 310 g/mol. The van der Waals surface area contributed by atoms with Crippen LogP contribution in [0.25, 0.3) is 0 Å². The number of carbonyl (C=O) groups is 3. The van der Waals surface area contributed by atoms with E-state index in [9.17, 15) is 14.4 Å². The summed E-state index contributed by atoms with van der Waals surface area (Å²) in [6, 6.07) is 6.48.